The van der Waals surface area contributed by atoms with Gasteiger partial charge in [0.05, 0.1) is 27.6 Å². The summed E-state index contributed by atoms with van der Waals surface area (Å²) in [5, 5.41) is 33.9. The average molecular weight is 544 g/mol. The number of amides is 1. The molecule has 5 N–H and O–H groups in total. The number of carbonyl (C=O) groups is 5. The molecule has 0 aromatic heterocycles. The molecular weight excluding hydrogens is 525 g/mol. The first-order valence-electron chi connectivity index (χ1n) is 11.2. The highest BCUT2D eigenvalue weighted by Gasteiger charge is 2.69. The van der Waals surface area contributed by atoms with E-state index in [4.69, 9.17) is 28.9 Å². The number of aromatic hydroxyl groups is 1. The maximum atomic E-state index is 13.8. The van der Waals surface area contributed by atoms with Crippen molar-refractivity contribution in [3.05, 3.63) is 63.1 Å². The Balaban J connectivity index is 1.75. The fourth-order valence-electron chi connectivity index (χ4n) is 5.81. The van der Waals surface area contributed by atoms with Crippen LogP contribution in [0.5, 0.6) is 5.75 Å². The number of nitrogens with two attached hydrogens (primary N) is 1. The van der Waals surface area contributed by atoms with Gasteiger partial charge in [-0.05, 0) is 34.9 Å². The molecule has 3 aliphatic rings. The molecule has 1 amide bonds. The minimum atomic E-state index is -3.00. The summed E-state index contributed by atoms with van der Waals surface area (Å²) in [5.74, 6) is -13.2. The van der Waals surface area contributed by atoms with Gasteiger partial charge in [-0.3, -0.25) is 24.0 Å². The maximum absolute atomic E-state index is 13.8. The van der Waals surface area contributed by atoms with Gasteiger partial charge in [0.25, 0.3) is 0 Å². The molecule has 3 aliphatic carbocycles. The molecule has 6 unspecified atom stereocenters. The van der Waals surface area contributed by atoms with Gasteiger partial charge in [0, 0.05) is 18.3 Å². The van der Waals surface area contributed by atoms with Crippen molar-refractivity contribution in [3.63, 3.8) is 0 Å². The quantitative estimate of drug-likeness (QED) is 0.413. The number of hydrogen-bond acceptors (Lipinski definition) is 8. The summed E-state index contributed by atoms with van der Waals surface area (Å²) in [6, 6.07) is 8.88. The van der Waals surface area contributed by atoms with Crippen LogP contribution in [-0.2, 0) is 19.2 Å². The highest BCUT2D eigenvalue weighted by atomic mass is 35.5. The molecule has 0 saturated heterocycles. The summed E-state index contributed by atoms with van der Waals surface area (Å²) >= 11 is 12.2. The minimum Gasteiger partial charge on any atom is -0.507 e. The van der Waals surface area contributed by atoms with Crippen LogP contribution in [0.2, 0.25) is 10.0 Å². The van der Waals surface area contributed by atoms with Crippen molar-refractivity contribution < 1.29 is 39.3 Å². The van der Waals surface area contributed by atoms with Crippen LogP contribution in [0.4, 0.5) is 0 Å². The van der Waals surface area contributed by atoms with Crippen LogP contribution in [0.25, 0.3) is 11.6 Å². The van der Waals surface area contributed by atoms with Crippen molar-refractivity contribution in [1.29, 1.82) is 0 Å². The van der Waals surface area contributed by atoms with E-state index in [0.29, 0.717) is 5.56 Å². The molecule has 2 aromatic carbocycles. The zero-order chi connectivity index (χ0) is 27.0. The van der Waals surface area contributed by atoms with Crippen molar-refractivity contribution >= 4 is 63.9 Å². The lowest BCUT2D eigenvalue weighted by atomic mass is 9.51. The Morgan fingerprint density at radius 1 is 1.05 bits per heavy atom. The van der Waals surface area contributed by atoms with E-state index < -0.39 is 76.6 Å². The van der Waals surface area contributed by atoms with E-state index in [-0.39, 0.29) is 26.7 Å². The predicted molar refractivity (Wildman–Crippen MR) is 131 cm³/mol. The molecule has 2 aromatic rings. The number of ketones is 4. The van der Waals surface area contributed by atoms with Gasteiger partial charge >= 0.3 is 0 Å². The highest BCUT2D eigenvalue weighted by molar-refractivity contribution is 6.42. The molecule has 11 heteroatoms. The van der Waals surface area contributed by atoms with E-state index in [2.05, 4.69) is 0 Å². The van der Waals surface area contributed by atoms with Crippen LogP contribution in [0, 0.1) is 23.7 Å². The zero-order valence-corrected chi connectivity index (χ0v) is 20.4. The number of halogens is 2. The summed E-state index contributed by atoms with van der Waals surface area (Å²) in [6.07, 6.45) is -0.875. The van der Waals surface area contributed by atoms with Gasteiger partial charge < -0.3 is 21.1 Å². The van der Waals surface area contributed by atoms with Crippen LogP contribution < -0.4 is 5.73 Å². The fourth-order valence-corrected chi connectivity index (χ4v) is 6.12. The molecule has 2 fully saturated rings. The number of carbonyl (C=O) groups excluding carboxylic acids is 5. The molecule has 2 saturated carbocycles. The largest absolute Gasteiger partial charge is 0.507 e. The van der Waals surface area contributed by atoms with Gasteiger partial charge in [-0.25, -0.2) is 0 Å². The van der Waals surface area contributed by atoms with Gasteiger partial charge in [-0.1, -0.05) is 47.5 Å². The lowest BCUT2D eigenvalue weighted by Crippen LogP contribution is -2.72. The van der Waals surface area contributed by atoms with Gasteiger partial charge in [0.15, 0.2) is 34.7 Å². The number of fused-ring (bicyclic) bond motifs is 3. The van der Waals surface area contributed by atoms with Crippen molar-refractivity contribution in [2.75, 3.05) is 0 Å². The van der Waals surface area contributed by atoms with Gasteiger partial charge in [0.1, 0.15) is 5.75 Å². The third-order valence-electron chi connectivity index (χ3n) is 7.51. The molecule has 0 radical (unpaired) electrons. The number of aliphatic hydroxyl groups excluding tert-OH is 1. The lowest BCUT2D eigenvalue weighted by Gasteiger charge is -2.51. The molecule has 190 valence electrons. The smallest absolute Gasteiger partial charge is 0.235 e. The number of phenols is 1. The summed E-state index contributed by atoms with van der Waals surface area (Å²) in [6.45, 7) is 0. The number of phenolic OH excluding ortho intramolecular Hbond substituents is 1. The lowest BCUT2D eigenvalue weighted by molar-refractivity contribution is -0.185. The van der Waals surface area contributed by atoms with E-state index in [1.807, 2.05) is 0 Å². The minimum absolute atomic E-state index is 0.214. The summed E-state index contributed by atoms with van der Waals surface area (Å²) < 4.78 is 0. The third-order valence-corrected chi connectivity index (χ3v) is 8.25. The second kappa shape index (κ2) is 8.59. The Labute approximate surface area is 219 Å². The number of Topliss-reactive ketones (excluding diaryl/α,β-unsaturated/α-hetero) is 4. The van der Waals surface area contributed by atoms with Crippen LogP contribution in [-0.4, -0.2) is 56.1 Å². The topological polar surface area (TPSA) is 172 Å². The molecule has 6 atom stereocenters. The second-order valence-corrected chi connectivity index (χ2v) is 10.3. The Morgan fingerprint density at radius 2 is 1.76 bits per heavy atom. The molecule has 0 heterocycles. The summed E-state index contributed by atoms with van der Waals surface area (Å²) in [5.41, 5.74) is 2.90. The maximum Gasteiger partial charge on any atom is 0.235 e. The second-order valence-electron chi connectivity index (χ2n) is 9.44. The first-order chi connectivity index (χ1) is 17.4. The van der Waals surface area contributed by atoms with Crippen molar-refractivity contribution in [1.82, 2.24) is 0 Å². The molecule has 0 bridgehead atoms. The Morgan fingerprint density at radius 3 is 2.41 bits per heavy atom. The zero-order valence-electron chi connectivity index (χ0n) is 18.9. The number of aliphatic hydroxyl groups is 2. The van der Waals surface area contributed by atoms with E-state index in [9.17, 15) is 39.3 Å². The monoisotopic (exact) mass is 543 g/mol. The first-order valence-corrected chi connectivity index (χ1v) is 12.0. The molecule has 37 heavy (non-hydrogen) atoms. The van der Waals surface area contributed by atoms with Crippen molar-refractivity contribution in [3.8, 4) is 5.75 Å². The van der Waals surface area contributed by atoms with E-state index in [0.717, 1.165) is 0 Å². The number of hydrogen-bond donors (Lipinski definition) is 4. The number of benzene rings is 2. The molecule has 0 spiro atoms. The van der Waals surface area contributed by atoms with E-state index in [1.54, 1.807) is 12.1 Å². The van der Waals surface area contributed by atoms with Gasteiger partial charge in [-0.2, -0.15) is 0 Å². The molecule has 5 rings (SSSR count). The fraction of sp³-hybridized carbons (Fsp3) is 0.269. The van der Waals surface area contributed by atoms with Gasteiger partial charge in [-0.15, -0.1) is 0 Å². The van der Waals surface area contributed by atoms with Crippen LogP contribution >= 0.6 is 23.2 Å². The summed E-state index contributed by atoms with van der Waals surface area (Å²) in [7, 11) is 0. The van der Waals surface area contributed by atoms with Crippen LogP contribution in [0.15, 0.2) is 36.4 Å². The Kier molecular flexibility index (Phi) is 5.87. The third kappa shape index (κ3) is 3.49. The van der Waals surface area contributed by atoms with Crippen LogP contribution in [0.1, 0.15) is 27.9 Å². The van der Waals surface area contributed by atoms with E-state index in [1.165, 1.54) is 30.3 Å². The number of rotatable bonds is 2. The average Bonchev–Trinajstić information content (AvgIpc) is 2.83. The summed E-state index contributed by atoms with van der Waals surface area (Å²) in [4.78, 5) is 64.9. The first kappa shape index (κ1) is 25.3. The Bertz CT molecular complexity index is 1470. The predicted octanol–water partition coefficient (Wildman–Crippen LogP) is 1.60. The highest BCUT2D eigenvalue weighted by Crippen LogP contribution is 2.54. The van der Waals surface area contributed by atoms with Crippen molar-refractivity contribution in [2.45, 2.75) is 18.1 Å². The van der Waals surface area contributed by atoms with E-state index >= 15 is 0 Å². The number of primary amides is 1. The SMILES string of the molecule is NC(=O)C1C(=O)CC2C(O)C3C(=Cc4ccc(Cl)c(Cl)c4)c4cccc(O)c4C(=O)C3C(=O)C2(O)C1=O. The van der Waals surface area contributed by atoms with Crippen LogP contribution in [0.3, 0.4) is 0 Å². The standard InChI is InChI=1S/C26H19Cl2NO8/c27-13-5-4-9(7-14(13)28)6-11-10-2-1-3-15(30)17(10)22(33)20-18(11)21(32)12-8-16(31)19(25(29)36)23(34)26(12,37)24(20)35/h1-7,12,18-21,30,32,37H,8H2,(H2,29,36). The molecule has 0 aliphatic heterocycles. The molecule has 9 nitrogen and oxygen atoms in total. The normalized spacial score (nSPS) is 32.1. The van der Waals surface area contributed by atoms with Gasteiger partial charge in [0.2, 0.25) is 5.91 Å². The van der Waals surface area contributed by atoms with Crippen molar-refractivity contribution in [2.24, 2.45) is 29.4 Å². The molecular formula is C26H19Cl2NO8. The Hall–Kier alpha value is -3.37.